The molecule has 0 aromatic heterocycles. The number of hydrogen-bond donors (Lipinski definition) is 1. The van der Waals surface area contributed by atoms with Gasteiger partial charge in [0.1, 0.15) is 4.90 Å². The molecular formula is C19H22N3O2S+. The minimum absolute atomic E-state index is 0.183. The Labute approximate surface area is 151 Å². The highest BCUT2D eigenvalue weighted by Crippen LogP contribution is 2.49. The van der Waals surface area contributed by atoms with Gasteiger partial charge < -0.3 is 9.21 Å². The minimum Gasteiger partial charge on any atom is -0.337 e. The largest absolute Gasteiger partial charge is 0.337 e. The van der Waals surface area contributed by atoms with E-state index >= 15 is 0 Å². The van der Waals surface area contributed by atoms with Crippen LogP contribution < -0.4 is 9.21 Å². The molecule has 2 heterocycles. The number of nitro groups is 1. The van der Waals surface area contributed by atoms with Crippen LogP contribution in [0, 0.1) is 17.0 Å². The number of likely N-dealkylation sites (tertiary alicyclic amines) is 1. The van der Waals surface area contributed by atoms with Crippen LogP contribution in [0.15, 0.2) is 47.4 Å². The van der Waals surface area contributed by atoms with Crippen LogP contribution in [0.25, 0.3) is 0 Å². The Morgan fingerprint density at radius 1 is 1.28 bits per heavy atom. The van der Waals surface area contributed by atoms with E-state index in [2.05, 4.69) is 36.5 Å². The van der Waals surface area contributed by atoms with Gasteiger partial charge in [-0.15, -0.1) is 0 Å². The van der Waals surface area contributed by atoms with Gasteiger partial charge in [-0.3, -0.25) is 10.1 Å². The molecule has 2 aromatic carbocycles. The van der Waals surface area contributed by atoms with Gasteiger partial charge in [-0.05, 0) is 36.6 Å². The molecule has 25 heavy (non-hydrogen) atoms. The maximum Gasteiger partial charge on any atom is 0.284 e. The first-order valence-corrected chi connectivity index (χ1v) is 9.44. The number of fused-ring (bicyclic) bond motifs is 3. The minimum atomic E-state index is -0.287. The summed E-state index contributed by atoms with van der Waals surface area (Å²) >= 11 is 1.52. The van der Waals surface area contributed by atoms with Crippen LogP contribution >= 0.6 is 11.9 Å². The SMILES string of the molecule is Cc1ccc2c(c1)[C@@H]1C[NH+](C)CC[C@@H]1N2Sc1ccccc1[N+](=O)[O-]. The van der Waals surface area contributed by atoms with E-state index in [0.29, 0.717) is 16.9 Å². The molecule has 0 aliphatic carbocycles. The third-order valence-electron chi connectivity index (χ3n) is 5.28. The Morgan fingerprint density at radius 3 is 2.88 bits per heavy atom. The number of benzene rings is 2. The van der Waals surface area contributed by atoms with Crippen LogP contribution in [0.2, 0.25) is 0 Å². The molecule has 3 atom stereocenters. The van der Waals surface area contributed by atoms with Crippen LogP contribution in [-0.2, 0) is 0 Å². The number of piperidine rings is 1. The lowest BCUT2D eigenvalue weighted by atomic mass is 9.89. The lowest BCUT2D eigenvalue weighted by Crippen LogP contribution is -3.11. The number of nitro benzene ring substituents is 1. The highest BCUT2D eigenvalue weighted by Gasteiger charge is 2.44. The number of nitrogens with zero attached hydrogens (tertiary/aromatic N) is 2. The maximum atomic E-state index is 11.4. The van der Waals surface area contributed by atoms with Crippen molar-refractivity contribution in [2.75, 3.05) is 24.4 Å². The lowest BCUT2D eigenvalue weighted by molar-refractivity contribution is -0.886. The van der Waals surface area contributed by atoms with Crippen LogP contribution in [0.5, 0.6) is 0 Å². The highest BCUT2D eigenvalue weighted by molar-refractivity contribution is 8.00. The lowest BCUT2D eigenvalue weighted by Gasteiger charge is -2.34. The smallest absolute Gasteiger partial charge is 0.284 e. The zero-order valence-electron chi connectivity index (χ0n) is 14.4. The van der Waals surface area contributed by atoms with Crippen LogP contribution in [-0.4, -0.2) is 31.1 Å². The molecular weight excluding hydrogens is 334 g/mol. The van der Waals surface area contributed by atoms with Crippen molar-refractivity contribution in [3.05, 3.63) is 63.7 Å². The first-order valence-electron chi connectivity index (χ1n) is 8.67. The number of nitrogens with one attached hydrogen (secondary N) is 1. The van der Waals surface area contributed by atoms with E-state index in [9.17, 15) is 10.1 Å². The summed E-state index contributed by atoms with van der Waals surface area (Å²) in [5.74, 6) is 0.499. The Morgan fingerprint density at radius 2 is 2.08 bits per heavy atom. The number of rotatable bonds is 3. The van der Waals surface area contributed by atoms with E-state index < -0.39 is 0 Å². The average molecular weight is 356 g/mol. The topological polar surface area (TPSA) is 50.8 Å². The monoisotopic (exact) mass is 356 g/mol. The molecule has 0 spiro atoms. The molecule has 1 unspecified atom stereocenters. The number of hydrogen-bond acceptors (Lipinski definition) is 4. The van der Waals surface area contributed by atoms with Gasteiger partial charge in [0, 0.05) is 12.5 Å². The molecule has 6 heteroatoms. The van der Waals surface area contributed by atoms with E-state index in [1.807, 2.05) is 12.1 Å². The van der Waals surface area contributed by atoms with Crippen molar-refractivity contribution >= 4 is 23.3 Å². The van der Waals surface area contributed by atoms with Crippen molar-refractivity contribution in [3.63, 3.8) is 0 Å². The summed E-state index contributed by atoms with van der Waals surface area (Å²) in [5.41, 5.74) is 4.08. The average Bonchev–Trinajstić information content (AvgIpc) is 2.88. The third kappa shape index (κ3) is 2.89. The van der Waals surface area contributed by atoms with Crippen LogP contribution in [0.4, 0.5) is 11.4 Å². The summed E-state index contributed by atoms with van der Waals surface area (Å²) in [7, 11) is 2.25. The van der Waals surface area contributed by atoms with E-state index in [0.717, 1.165) is 19.5 Å². The molecule has 2 aromatic rings. The number of anilines is 1. The van der Waals surface area contributed by atoms with Gasteiger partial charge in [-0.1, -0.05) is 29.8 Å². The van der Waals surface area contributed by atoms with E-state index in [1.54, 1.807) is 17.0 Å². The van der Waals surface area contributed by atoms with Gasteiger partial charge >= 0.3 is 0 Å². The van der Waals surface area contributed by atoms with Gasteiger partial charge in [0.05, 0.1) is 42.7 Å². The molecule has 1 fully saturated rings. The summed E-state index contributed by atoms with van der Waals surface area (Å²) in [6.07, 6.45) is 1.11. The summed E-state index contributed by atoms with van der Waals surface area (Å²) < 4.78 is 2.33. The fourth-order valence-electron chi connectivity index (χ4n) is 4.07. The van der Waals surface area contributed by atoms with Gasteiger partial charge in [-0.2, -0.15) is 0 Å². The molecule has 4 rings (SSSR count). The maximum absolute atomic E-state index is 11.4. The standard InChI is InChI=1S/C19H21N3O2S/c1-13-7-8-16-14(11-13)15-12-20(2)10-9-17(15)21(16)25-19-6-4-3-5-18(19)22(23)24/h3-8,11,15,17H,9-10,12H2,1-2H3/p+1/t15-,17-/m0/s1. The fourth-order valence-corrected chi connectivity index (χ4v) is 5.30. The van der Waals surface area contributed by atoms with Crippen molar-refractivity contribution < 1.29 is 9.82 Å². The quantitative estimate of drug-likeness (QED) is 0.522. The predicted octanol–water partition coefficient (Wildman–Crippen LogP) is 2.80. The van der Waals surface area contributed by atoms with E-state index in [4.69, 9.17) is 0 Å². The van der Waals surface area contributed by atoms with Crippen molar-refractivity contribution in [1.29, 1.82) is 0 Å². The molecule has 5 nitrogen and oxygen atoms in total. The van der Waals surface area contributed by atoms with Crippen molar-refractivity contribution in [3.8, 4) is 0 Å². The zero-order chi connectivity index (χ0) is 17.6. The van der Waals surface area contributed by atoms with Crippen molar-refractivity contribution in [2.24, 2.45) is 0 Å². The Bertz CT molecular complexity index is 826. The van der Waals surface area contributed by atoms with E-state index in [1.165, 1.54) is 28.8 Å². The van der Waals surface area contributed by atoms with Crippen molar-refractivity contribution in [1.82, 2.24) is 0 Å². The third-order valence-corrected chi connectivity index (χ3v) is 6.49. The first-order chi connectivity index (χ1) is 12.0. The molecule has 0 amide bonds. The molecule has 1 saturated heterocycles. The van der Waals surface area contributed by atoms with E-state index in [-0.39, 0.29) is 10.6 Å². The fraction of sp³-hybridized carbons (Fsp3) is 0.368. The van der Waals surface area contributed by atoms with Gasteiger partial charge in [0.2, 0.25) is 0 Å². The predicted molar refractivity (Wildman–Crippen MR) is 100 cm³/mol. The second kappa shape index (κ2) is 6.35. The second-order valence-electron chi connectivity index (χ2n) is 7.08. The normalized spacial score (nSPS) is 24.7. The number of aryl methyl sites for hydroxylation is 1. The number of quaternary nitrogens is 1. The second-order valence-corrected chi connectivity index (χ2v) is 8.09. The summed E-state index contributed by atoms with van der Waals surface area (Å²) in [6, 6.07) is 14.1. The Hall–Kier alpha value is -2.05. The zero-order valence-corrected chi connectivity index (χ0v) is 15.3. The number of likely N-dealkylation sites (N-methyl/N-ethyl adjacent to an activating group) is 1. The molecule has 0 bridgehead atoms. The molecule has 0 saturated carbocycles. The molecule has 2 aliphatic rings. The van der Waals surface area contributed by atoms with Gasteiger partial charge in [-0.25, -0.2) is 0 Å². The molecule has 130 valence electrons. The van der Waals surface area contributed by atoms with Crippen molar-refractivity contribution in [2.45, 2.75) is 30.2 Å². The summed E-state index contributed by atoms with van der Waals surface area (Å²) in [5, 5.41) is 11.4. The Kier molecular flexibility index (Phi) is 4.17. The number of para-hydroxylation sites is 1. The van der Waals surface area contributed by atoms with Crippen LogP contribution in [0.1, 0.15) is 23.5 Å². The molecule has 0 radical (unpaired) electrons. The highest BCUT2D eigenvalue weighted by atomic mass is 32.2. The van der Waals surface area contributed by atoms with Gasteiger partial charge in [0.25, 0.3) is 5.69 Å². The summed E-state index contributed by atoms with van der Waals surface area (Å²) in [6.45, 7) is 4.39. The van der Waals surface area contributed by atoms with Gasteiger partial charge in [0.15, 0.2) is 0 Å². The molecule has 2 aliphatic heterocycles. The van der Waals surface area contributed by atoms with Crippen LogP contribution in [0.3, 0.4) is 0 Å². The first kappa shape index (κ1) is 16.4. The summed E-state index contributed by atoms with van der Waals surface area (Å²) in [4.78, 5) is 13.4. The Balaban J connectivity index is 1.74. The molecule has 1 N–H and O–H groups in total.